The van der Waals surface area contributed by atoms with Crippen LogP contribution in [0.5, 0.6) is 11.5 Å². The van der Waals surface area contributed by atoms with Crippen molar-refractivity contribution in [3.63, 3.8) is 0 Å². The molecule has 6 nitrogen and oxygen atoms in total. The lowest BCUT2D eigenvalue weighted by Crippen LogP contribution is -2.36. The lowest BCUT2D eigenvalue weighted by atomic mass is 9.91. The van der Waals surface area contributed by atoms with Gasteiger partial charge in [-0.05, 0) is 41.8 Å². The number of rotatable bonds is 9. The predicted molar refractivity (Wildman–Crippen MR) is 129 cm³/mol. The van der Waals surface area contributed by atoms with Gasteiger partial charge in [-0.25, -0.2) is 4.39 Å². The van der Waals surface area contributed by atoms with E-state index < -0.39 is 18.1 Å². The normalized spacial score (nSPS) is 16.3. The van der Waals surface area contributed by atoms with Crippen molar-refractivity contribution in [1.82, 2.24) is 4.90 Å². The molecule has 182 valence electrons. The van der Waals surface area contributed by atoms with Gasteiger partial charge in [0.25, 0.3) is 0 Å². The van der Waals surface area contributed by atoms with Crippen LogP contribution in [-0.2, 0) is 35.4 Å². The van der Waals surface area contributed by atoms with Crippen molar-refractivity contribution in [2.24, 2.45) is 0 Å². The highest BCUT2D eigenvalue weighted by Crippen LogP contribution is 2.38. The summed E-state index contributed by atoms with van der Waals surface area (Å²) in [5, 5.41) is 9.36. The largest absolute Gasteiger partial charge is 0.496 e. The average molecular weight is 478 g/mol. The first-order valence-electron chi connectivity index (χ1n) is 11.4. The van der Waals surface area contributed by atoms with Gasteiger partial charge in [0.2, 0.25) is 5.91 Å². The van der Waals surface area contributed by atoms with Crippen molar-refractivity contribution in [1.29, 1.82) is 0 Å². The molecule has 3 aromatic rings. The van der Waals surface area contributed by atoms with Gasteiger partial charge >= 0.3 is 5.97 Å². The van der Waals surface area contributed by atoms with E-state index in [1.54, 1.807) is 18.2 Å². The zero-order valence-electron chi connectivity index (χ0n) is 19.8. The van der Waals surface area contributed by atoms with Crippen LogP contribution in [0, 0.1) is 5.82 Å². The van der Waals surface area contributed by atoms with Gasteiger partial charge in [0.1, 0.15) is 29.5 Å². The number of hydrogen-bond donors (Lipinski definition) is 1. The molecule has 0 aromatic heterocycles. The van der Waals surface area contributed by atoms with Gasteiger partial charge in [0.15, 0.2) is 0 Å². The Balaban J connectivity index is 1.48. The molecule has 1 atom stereocenters. The molecule has 1 aliphatic heterocycles. The Morgan fingerprint density at radius 3 is 2.51 bits per heavy atom. The zero-order chi connectivity index (χ0) is 25.0. The van der Waals surface area contributed by atoms with Crippen LogP contribution >= 0.6 is 0 Å². The van der Waals surface area contributed by atoms with Gasteiger partial charge in [-0.2, -0.15) is 0 Å². The Bertz CT molecular complexity index is 1240. The summed E-state index contributed by atoms with van der Waals surface area (Å²) in [5.74, 6) is -0.324. The van der Waals surface area contributed by atoms with Gasteiger partial charge in [-0.1, -0.05) is 48.5 Å². The maximum absolute atomic E-state index is 14.2. The first-order chi connectivity index (χ1) is 16.8. The summed E-state index contributed by atoms with van der Waals surface area (Å²) in [5.41, 5.74) is 2.45. The molecule has 4 rings (SSSR count). The van der Waals surface area contributed by atoms with Crippen LogP contribution in [0.4, 0.5) is 4.39 Å². The zero-order valence-corrected chi connectivity index (χ0v) is 19.8. The van der Waals surface area contributed by atoms with Crippen LogP contribution in [0.3, 0.4) is 0 Å². The van der Waals surface area contributed by atoms with E-state index in [1.807, 2.05) is 49.4 Å². The summed E-state index contributed by atoms with van der Waals surface area (Å²) in [4.78, 5) is 25.9. The number of fused-ring (bicyclic) bond motifs is 1. The number of methoxy groups -OCH3 is 1. The minimum atomic E-state index is -1.08. The third kappa shape index (κ3) is 5.80. The monoisotopic (exact) mass is 477 g/mol. The molecule has 0 saturated heterocycles. The van der Waals surface area contributed by atoms with E-state index in [0.717, 1.165) is 22.4 Å². The molecule has 0 aliphatic carbocycles. The fraction of sp³-hybridized carbons (Fsp3) is 0.286. The van der Waals surface area contributed by atoms with Gasteiger partial charge in [0.05, 0.1) is 13.5 Å². The highest BCUT2D eigenvalue weighted by Gasteiger charge is 2.36. The first-order valence-corrected chi connectivity index (χ1v) is 11.4. The van der Waals surface area contributed by atoms with Crippen molar-refractivity contribution in [3.8, 4) is 11.5 Å². The second kappa shape index (κ2) is 10.2. The minimum absolute atomic E-state index is 0.0553. The van der Waals surface area contributed by atoms with E-state index in [1.165, 1.54) is 18.1 Å². The van der Waals surface area contributed by atoms with Gasteiger partial charge in [-0.3, -0.25) is 9.59 Å². The smallest absolute Gasteiger partial charge is 0.323 e. The number of carboxylic acids is 1. The molecule has 1 amide bonds. The first kappa shape index (κ1) is 24.3. The molecule has 0 saturated carbocycles. The Kier molecular flexibility index (Phi) is 7.05. The highest BCUT2D eigenvalue weighted by molar-refractivity contribution is 5.83. The van der Waals surface area contributed by atoms with E-state index in [-0.39, 0.29) is 24.7 Å². The molecule has 1 unspecified atom stereocenters. The van der Waals surface area contributed by atoms with Crippen LogP contribution in [0.25, 0.3) is 0 Å². The molecule has 0 radical (unpaired) electrons. The number of carboxylic acid groups (broad SMARTS) is 1. The molecule has 0 bridgehead atoms. The Labute approximate surface area is 203 Å². The van der Waals surface area contributed by atoms with Crippen molar-refractivity contribution in [2.75, 3.05) is 13.7 Å². The Hall–Kier alpha value is -3.87. The van der Waals surface area contributed by atoms with Crippen molar-refractivity contribution < 1.29 is 28.6 Å². The Morgan fingerprint density at radius 1 is 1.09 bits per heavy atom. The van der Waals surface area contributed by atoms with Crippen LogP contribution in [-0.4, -0.2) is 41.1 Å². The molecule has 35 heavy (non-hydrogen) atoms. The quantitative estimate of drug-likeness (QED) is 0.494. The minimum Gasteiger partial charge on any atom is -0.496 e. The van der Waals surface area contributed by atoms with Gasteiger partial charge in [0, 0.05) is 24.9 Å². The highest BCUT2D eigenvalue weighted by atomic mass is 19.1. The second-order valence-electron chi connectivity index (χ2n) is 9.07. The maximum Gasteiger partial charge on any atom is 0.323 e. The SMILES string of the molecule is COc1ccccc1CN(CC(=O)O)C(=O)Cc1ccc2c(c1)CC(C)(Cc1ccccc1F)O2. The number of carbonyl (C=O) groups is 2. The molecule has 3 aromatic carbocycles. The maximum atomic E-state index is 14.2. The molecule has 7 heteroatoms. The molecule has 1 heterocycles. The summed E-state index contributed by atoms with van der Waals surface area (Å²) in [6, 6.07) is 19.5. The fourth-order valence-corrected chi connectivity index (χ4v) is 4.55. The average Bonchev–Trinajstić information content (AvgIpc) is 3.15. The second-order valence-corrected chi connectivity index (χ2v) is 9.07. The number of amides is 1. The topological polar surface area (TPSA) is 76.1 Å². The van der Waals surface area contributed by atoms with Crippen LogP contribution in [0.2, 0.25) is 0 Å². The van der Waals surface area contributed by atoms with Crippen molar-refractivity contribution in [2.45, 2.75) is 38.3 Å². The molecule has 1 N–H and O–H groups in total. The number of para-hydroxylation sites is 1. The standard InChI is InChI=1S/C28H28FNO5/c1-28(15-20-7-3-5-9-23(20)29)16-22-13-19(11-12-25(22)35-28)14-26(31)30(18-27(32)33)17-21-8-4-6-10-24(21)34-2/h3-13H,14-18H2,1-2H3,(H,32,33). The Morgan fingerprint density at radius 2 is 1.80 bits per heavy atom. The lowest BCUT2D eigenvalue weighted by molar-refractivity contribution is -0.144. The number of ether oxygens (including phenoxy) is 2. The lowest BCUT2D eigenvalue weighted by Gasteiger charge is -2.24. The number of hydrogen-bond acceptors (Lipinski definition) is 4. The van der Waals surface area contributed by atoms with Crippen LogP contribution in [0.15, 0.2) is 66.7 Å². The van der Waals surface area contributed by atoms with E-state index in [9.17, 15) is 19.1 Å². The van der Waals surface area contributed by atoms with E-state index >= 15 is 0 Å². The number of nitrogens with zero attached hydrogens (tertiary/aromatic N) is 1. The van der Waals surface area contributed by atoms with Crippen LogP contribution < -0.4 is 9.47 Å². The third-order valence-electron chi connectivity index (χ3n) is 6.16. The van der Waals surface area contributed by atoms with Crippen LogP contribution in [0.1, 0.15) is 29.2 Å². The van der Waals surface area contributed by atoms with E-state index in [2.05, 4.69) is 0 Å². The summed E-state index contributed by atoms with van der Waals surface area (Å²) >= 11 is 0. The fourth-order valence-electron chi connectivity index (χ4n) is 4.55. The summed E-state index contributed by atoms with van der Waals surface area (Å²) in [7, 11) is 1.54. The third-order valence-corrected chi connectivity index (χ3v) is 6.16. The van der Waals surface area contributed by atoms with E-state index in [4.69, 9.17) is 9.47 Å². The van der Waals surface area contributed by atoms with Gasteiger partial charge in [-0.15, -0.1) is 0 Å². The molecular weight excluding hydrogens is 449 g/mol. The molecule has 0 fully saturated rings. The predicted octanol–water partition coefficient (Wildman–Crippen LogP) is 4.43. The number of benzene rings is 3. The van der Waals surface area contributed by atoms with Crippen molar-refractivity contribution in [3.05, 3.63) is 94.8 Å². The summed E-state index contributed by atoms with van der Waals surface area (Å²) in [6.45, 7) is 1.67. The summed E-state index contributed by atoms with van der Waals surface area (Å²) < 4.78 is 25.7. The van der Waals surface area contributed by atoms with Gasteiger partial charge < -0.3 is 19.5 Å². The number of aliphatic carboxylic acids is 1. The molecule has 0 spiro atoms. The van der Waals surface area contributed by atoms with E-state index in [0.29, 0.717) is 24.2 Å². The van der Waals surface area contributed by atoms with Crippen molar-refractivity contribution >= 4 is 11.9 Å². The molecule has 1 aliphatic rings. The number of halogens is 1. The summed E-state index contributed by atoms with van der Waals surface area (Å²) in [6.07, 6.45) is 1.06. The molecular formula is C28H28FNO5. The number of carbonyl (C=O) groups excluding carboxylic acids is 1.